The van der Waals surface area contributed by atoms with Crippen LogP contribution < -0.4 is 18.9 Å². The van der Waals surface area contributed by atoms with E-state index in [0.29, 0.717) is 41.9 Å². The number of para-hydroxylation sites is 1. The molecule has 0 saturated carbocycles. The van der Waals surface area contributed by atoms with Gasteiger partial charge < -0.3 is 14.2 Å². The van der Waals surface area contributed by atoms with E-state index in [1.807, 2.05) is 30.3 Å². The quantitative estimate of drug-likeness (QED) is 0.719. The van der Waals surface area contributed by atoms with Crippen molar-refractivity contribution in [3.05, 3.63) is 72.8 Å². The van der Waals surface area contributed by atoms with Gasteiger partial charge in [-0.1, -0.05) is 18.2 Å². The average molecular weight is 383 g/mol. The second-order valence-corrected chi connectivity index (χ2v) is 7.53. The Balaban J connectivity index is 1.50. The molecule has 0 unspecified atom stereocenters. The third-order valence-corrected chi connectivity index (χ3v) is 5.30. The van der Waals surface area contributed by atoms with E-state index in [0.717, 1.165) is 0 Å². The molecular weight excluding hydrogens is 366 g/mol. The molecular formula is C20H17NO5S. The summed E-state index contributed by atoms with van der Waals surface area (Å²) in [6, 6.07) is 20.4. The molecule has 1 aliphatic rings. The van der Waals surface area contributed by atoms with E-state index in [1.165, 1.54) is 12.1 Å². The molecule has 0 radical (unpaired) electrons. The topological polar surface area (TPSA) is 73.9 Å². The van der Waals surface area contributed by atoms with Crippen LogP contribution in [0.5, 0.6) is 23.0 Å². The molecule has 0 aliphatic carbocycles. The molecule has 3 aromatic carbocycles. The molecule has 3 aromatic rings. The smallest absolute Gasteiger partial charge is 0.261 e. The molecule has 1 aliphatic heterocycles. The van der Waals surface area contributed by atoms with Gasteiger partial charge in [-0.2, -0.15) is 0 Å². The first-order chi connectivity index (χ1) is 13.1. The monoisotopic (exact) mass is 383 g/mol. The van der Waals surface area contributed by atoms with Crippen LogP contribution in [0.1, 0.15) is 0 Å². The zero-order valence-electron chi connectivity index (χ0n) is 14.3. The number of ether oxygens (including phenoxy) is 3. The molecule has 0 amide bonds. The predicted octanol–water partition coefficient (Wildman–Crippen LogP) is 4.05. The van der Waals surface area contributed by atoms with Crippen LogP contribution >= 0.6 is 0 Å². The molecule has 0 saturated heterocycles. The summed E-state index contributed by atoms with van der Waals surface area (Å²) in [6.07, 6.45) is 0. The molecule has 0 bridgehead atoms. The van der Waals surface area contributed by atoms with E-state index < -0.39 is 10.0 Å². The zero-order chi connectivity index (χ0) is 18.7. The van der Waals surface area contributed by atoms with Crippen LogP contribution in [0.15, 0.2) is 77.7 Å². The molecule has 0 spiro atoms. The number of sulfonamides is 1. The van der Waals surface area contributed by atoms with E-state index >= 15 is 0 Å². The van der Waals surface area contributed by atoms with Gasteiger partial charge in [0, 0.05) is 6.07 Å². The van der Waals surface area contributed by atoms with Crippen molar-refractivity contribution in [2.45, 2.75) is 4.90 Å². The summed E-state index contributed by atoms with van der Waals surface area (Å²) in [7, 11) is -3.73. The Labute approximate surface area is 157 Å². The van der Waals surface area contributed by atoms with E-state index in [-0.39, 0.29) is 4.90 Å². The summed E-state index contributed by atoms with van der Waals surface area (Å²) in [5.74, 6) is 2.36. The second kappa shape index (κ2) is 7.20. The number of hydrogen-bond acceptors (Lipinski definition) is 5. The zero-order valence-corrected chi connectivity index (χ0v) is 15.1. The highest BCUT2D eigenvalue weighted by Crippen LogP contribution is 2.33. The molecule has 1 heterocycles. The average Bonchev–Trinajstić information content (AvgIpc) is 2.69. The van der Waals surface area contributed by atoms with Gasteiger partial charge in [-0.15, -0.1) is 0 Å². The Morgan fingerprint density at radius 3 is 2.19 bits per heavy atom. The van der Waals surface area contributed by atoms with E-state index in [9.17, 15) is 8.42 Å². The Morgan fingerprint density at radius 2 is 1.44 bits per heavy atom. The summed E-state index contributed by atoms with van der Waals surface area (Å²) in [5, 5.41) is 0. The first-order valence-electron chi connectivity index (χ1n) is 8.36. The van der Waals surface area contributed by atoms with Crippen molar-refractivity contribution in [2.24, 2.45) is 0 Å². The van der Waals surface area contributed by atoms with E-state index in [2.05, 4.69) is 4.72 Å². The SMILES string of the molecule is O=S(=O)(Nc1ccc2c(c1)OCCO2)c1ccc(Oc2ccccc2)cc1. The largest absolute Gasteiger partial charge is 0.486 e. The molecule has 4 rings (SSSR count). The predicted molar refractivity (Wildman–Crippen MR) is 101 cm³/mol. The number of benzene rings is 3. The maximum Gasteiger partial charge on any atom is 0.261 e. The Bertz CT molecular complexity index is 1030. The van der Waals surface area contributed by atoms with Crippen molar-refractivity contribution in [3.63, 3.8) is 0 Å². The van der Waals surface area contributed by atoms with Gasteiger partial charge >= 0.3 is 0 Å². The van der Waals surface area contributed by atoms with Crippen molar-refractivity contribution in [3.8, 4) is 23.0 Å². The van der Waals surface area contributed by atoms with Crippen molar-refractivity contribution in [1.29, 1.82) is 0 Å². The number of rotatable bonds is 5. The van der Waals surface area contributed by atoms with Gasteiger partial charge in [0.2, 0.25) is 0 Å². The van der Waals surface area contributed by atoms with Crippen molar-refractivity contribution in [2.75, 3.05) is 17.9 Å². The number of fused-ring (bicyclic) bond motifs is 1. The van der Waals surface area contributed by atoms with Crippen molar-refractivity contribution >= 4 is 15.7 Å². The minimum Gasteiger partial charge on any atom is -0.486 e. The lowest BCUT2D eigenvalue weighted by atomic mass is 10.3. The van der Waals surface area contributed by atoms with Crippen LogP contribution in [0.25, 0.3) is 0 Å². The maximum atomic E-state index is 12.6. The molecule has 1 N–H and O–H groups in total. The van der Waals surface area contributed by atoms with Gasteiger partial charge in [0.1, 0.15) is 24.7 Å². The van der Waals surface area contributed by atoms with Crippen LogP contribution in [-0.2, 0) is 10.0 Å². The molecule has 0 atom stereocenters. The summed E-state index contributed by atoms with van der Waals surface area (Å²) in [6.45, 7) is 0.918. The van der Waals surface area contributed by atoms with Crippen molar-refractivity contribution < 1.29 is 22.6 Å². The van der Waals surface area contributed by atoms with Gasteiger partial charge in [-0.05, 0) is 48.5 Å². The van der Waals surface area contributed by atoms with Crippen molar-refractivity contribution in [1.82, 2.24) is 0 Å². The van der Waals surface area contributed by atoms with E-state index in [4.69, 9.17) is 14.2 Å². The highest BCUT2D eigenvalue weighted by molar-refractivity contribution is 7.92. The summed E-state index contributed by atoms with van der Waals surface area (Å²) >= 11 is 0. The first kappa shape index (κ1) is 17.2. The minimum atomic E-state index is -3.73. The summed E-state index contributed by atoms with van der Waals surface area (Å²) in [5.41, 5.74) is 0.406. The Morgan fingerprint density at radius 1 is 0.778 bits per heavy atom. The second-order valence-electron chi connectivity index (χ2n) is 5.85. The highest BCUT2D eigenvalue weighted by atomic mass is 32.2. The summed E-state index contributed by atoms with van der Waals surface area (Å²) < 4.78 is 44.4. The lowest BCUT2D eigenvalue weighted by Gasteiger charge is -2.19. The fraction of sp³-hybridized carbons (Fsp3) is 0.100. The van der Waals surface area contributed by atoms with Crippen LogP contribution in [0.4, 0.5) is 5.69 Å². The lowest BCUT2D eigenvalue weighted by Crippen LogP contribution is -2.16. The van der Waals surface area contributed by atoms with Crippen LogP contribution in [0.3, 0.4) is 0 Å². The fourth-order valence-corrected chi connectivity index (χ4v) is 3.68. The normalized spacial score (nSPS) is 13.0. The molecule has 0 fully saturated rings. The lowest BCUT2D eigenvalue weighted by molar-refractivity contribution is 0.171. The highest BCUT2D eigenvalue weighted by Gasteiger charge is 2.17. The van der Waals surface area contributed by atoms with E-state index in [1.54, 1.807) is 30.3 Å². The Hall–Kier alpha value is -3.19. The molecule has 138 valence electrons. The van der Waals surface area contributed by atoms with Gasteiger partial charge in [-0.25, -0.2) is 8.42 Å². The van der Waals surface area contributed by atoms with Gasteiger partial charge in [0.15, 0.2) is 11.5 Å². The summed E-state index contributed by atoms with van der Waals surface area (Å²) in [4.78, 5) is 0.137. The molecule has 0 aromatic heterocycles. The molecule has 6 nitrogen and oxygen atoms in total. The standard InChI is InChI=1S/C20H17NO5S/c22-27(23,21-15-6-11-19-20(14-15)25-13-12-24-19)18-9-7-17(8-10-18)26-16-4-2-1-3-5-16/h1-11,14,21H,12-13H2. The van der Waals surface area contributed by atoms with Gasteiger partial charge in [0.25, 0.3) is 10.0 Å². The number of hydrogen-bond donors (Lipinski definition) is 1. The maximum absolute atomic E-state index is 12.6. The third kappa shape index (κ3) is 3.98. The van der Waals surface area contributed by atoms with Gasteiger partial charge in [-0.3, -0.25) is 4.72 Å². The number of anilines is 1. The fourth-order valence-electron chi connectivity index (χ4n) is 2.63. The number of nitrogens with one attached hydrogen (secondary N) is 1. The molecule has 7 heteroatoms. The third-order valence-electron chi connectivity index (χ3n) is 3.91. The van der Waals surface area contributed by atoms with Crippen LogP contribution in [0, 0.1) is 0 Å². The minimum absolute atomic E-state index is 0.137. The van der Waals surface area contributed by atoms with Gasteiger partial charge in [0.05, 0.1) is 10.6 Å². The van der Waals surface area contributed by atoms with Crippen LogP contribution in [-0.4, -0.2) is 21.6 Å². The first-order valence-corrected chi connectivity index (χ1v) is 9.84. The Kier molecular flexibility index (Phi) is 4.60. The molecule has 27 heavy (non-hydrogen) atoms. The van der Waals surface area contributed by atoms with Crippen LogP contribution in [0.2, 0.25) is 0 Å².